The Morgan fingerprint density at radius 3 is 2.31 bits per heavy atom. The number of unbranched alkanes of at least 4 members (excludes halogenated alkanes) is 1. The fourth-order valence-corrected chi connectivity index (χ4v) is 2.46. The van der Waals surface area contributed by atoms with E-state index in [1.807, 2.05) is 12.1 Å². The highest BCUT2D eigenvalue weighted by Gasteiger charge is 2.23. The van der Waals surface area contributed by atoms with Gasteiger partial charge in [0, 0.05) is 12.1 Å². The van der Waals surface area contributed by atoms with Crippen LogP contribution in [0.2, 0.25) is 0 Å². The van der Waals surface area contributed by atoms with Gasteiger partial charge in [-0.15, -0.1) is 0 Å². The number of carbonyl (C=O) groups is 3. The van der Waals surface area contributed by atoms with Crippen LogP contribution >= 0.6 is 0 Å². The number of aryl methyl sites for hydroxylation is 1. The van der Waals surface area contributed by atoms with Crippen molar-refractivity contribution < 1.29 is 14.4 Å². The molecule has 26 heavy (non-hydrogen) atoms. The van der Waals surface area contributed by atoms with Crippen LogP contribution in [0.5, 0.6) is 0 Å². The van der Waals surface area contributed by atoms with Crippen LogP contribution in [0.3, 0.4) is 0 Å². The predicted octanol–water partition coefficient (Wildman–Crippen LogP) is 2.17. The van der Waals surface area contributed by atoms with E-state index in [0.29, 0.717) is 18.0 Å². The van der Waals surface area contributed by atoms with E-state index in [0.717, 1.165) is 25.7 Å². The van der Waals surface area contributed by atoms with Crippen LogP contribution in [-0.2, 0) is 16.0 Å². The van der Waals surface area contributed by atoms with Crippen LogP contribution in [0.15, 0.2) is 24.3 Å². The molecular weight excluding hydrogens is 330 g/mol. The topological polar surface area (TPSA) is 101 Å². The van der Waals surface area contributed by atoms with E-state index in [4.69, 9.17) is 5.73 Å². The van der Waals surface area contributed by atoms with Crippen molar-refractivity contribution in [3.8, 4) is 0 Å². The van der Waals surface area contributed by atoms with Crippen molar-refractivity contribution in [1.82, 2.24) is 10.6 Å². The summed E-state index contributed by atoms with van der Waals surface area (Å²) in [7, 11) is 0. The Hall–Kier alpha value is -2.37. The number of nitrogens with two attached hydrogens (primary N) is 1. The van der Waals surface area contributed by atoms with Gasteiger partial charge in [-0.3, -0.25) is 14.4 Å². The lowest BCUT2D eigenvalue weighted by Crippen LogP contribution is -2.48. The van der Waals surface area contributed by atoms with Crippen molar-refractivity contribution in [2.75, 3.05) is 6.54 Å². The molecule has 1 atom stereocenters. The van der Waals surface area contributed by atoms with Crippen molar-refractivity contribution in [2.24, 2.45) is 11.7 Å². The second kappa shape index (κ2) is 11.3. The molecule has 3 amide bonds. The van der Waals surface area contributed by atoms with Crippen molar-refractivity contribution in [1.29, 1.82) is 0 Å². The molecule has 144 valence electrons. The third kappa shape index (κ3) is 8.14. The number of amides is 3. The van der Waals surface area contributed by atoms with E-state index < -0.39 is 23.8 Å². The SMILES string of the molecule is CCCCc1ccc(C(=O)N[C@@H](CC(N)=O)C(=O)NCCC(C)C)cc1. The van der Waals surface area contributed by atoms with Crippen molar-refractivity contribution in [3.63, 3.8) is 0 Å². The maximum atomic E-state index is 12.4. The van der Waals surface area contributed by atoms with E-state index in [-0.39, 0.29) is 6.42 Å². The summed E-state index contributed by atoms with van der Waals surface area (Å²) in [5.74, 6) is -0.968. The first kappa shape index (κ1) is 21.7. The molecule has 6 heteroatoms. The van der Waals surface area contributed by atoms with Gasteiger partial charge in [-0.1, -0.05) is 39.3 Å². The largest absolute Gasteiger partial charge is 0.370 e. The molecule has 0 bridgehead atoms. The quantitative estimate of drug-likeness (QED) is 0.563. The van der Waals surface area contributed by atoms with Gasteiger partial charge < -0.3 is 16.4 Å². The van der Waals surface area contributed by atoms with E-state index in [2.05, 4.69) is 31.4 Å². The molecule has 0 fully saturated rings. The first-order chi connectivity index (χ1) is 12.3. The van der Waals surface area contributed by atoms with Gasteiger partial charge in [0.15, 0.2) is 0 Å². The number of hydrogen-bond donors (Lipinski definition) is 3. The first-order valence-corrected chi connectivity index (χ1v) is 9.29. The number of hydrogen-bond acceptors (Lipinski definition) is 3. The molecule has 1 rings (SSSR count). The average Bonchev–Trinajstić information content (AvgIpc) is 2.58. The summed E-state index contributed by atoms with van der Waals surface area (Å²) in [6.45, 7) is 6.73. The number of nitrogens with one attached hydrogen (secondary N) is 2. The highest BCUT2D eigenvalue weighted by molar-refractivity contribution is 5.98. The Morgan fingerprint density at radius 2 is 1.77 bits per heavy atom. The Morgan fingerprint density at radius 1 is 1.12 bits per heavy atom. The van der Waals surface area contributed by atoms with Crippen LogP contribution in [0, 0.1) is 5.92 Å². The molecular formula is C20H31N3O3. The molecule has 0 aliphatic carbocycles. The molecule has 6 nitrogen and oxygen atoms in total. The Bertz CT molecular complexity index is 597. The van der Waals surface area contributed by atoms with Crippen LogP contribution < -0.4 is 16.4 Å². The highest BCUT2D eigenvalue weighted by Crippen LogP contribution is 2.08. The summed E-state index contributed by atoms with van der Waals surface area (Å²) in [5.41, 5.74) is 6.84. The third-order valence-electron chi connectivity index (χ3n) is 4.08. The average molecular weight is 361 g/mol. The molecule has 0 aliphatic heterocycles. The van der Waals surface area contributed by atoms with Gasteiger partial charge in [0.25, 0.3) is 5.91 Å². The van der Waals surface area contributed by atoms with Crippen molar-refractivity contribution in [2.45, 2.75) is 58.9 Å². The molecule has 1 aromatic rings. The number of rotatable bonds is 11. The molecule has 0 saturated carbocycles. The zero-order valence-corrected chi connectivity index (χ0v) is 16.0. The van der Waals surface area contributed by atoms with E-state index >= 15 is 0 Å². The molecule has 0 unspecified atom stereocenters. The Balaban J connectivity index is 2.69. The zero-order chi connectivity index (χ0) is 19.5. The van der Waals surface area contributed by atoms with E-state index in [1.165, 1.54) is 5.56 Å². The summed E-state index contributed by atoms with van der Waals surface area (Å²) in [4.78, 5) is 35.9. The van der Waals surface area contributed by atoms with Gasteiger partial charge in [-0.05, 0) is 42.9 Å². The van der Waals surface area contributed by atoms with Crippen LogP contribution in [0.25, 0.3) is 0 Å². The standard InChI is InChI=1S/C20H31N3O3/c1-4-5-6-15-7-9-16(10-8-15)19(25)23-17(13-18(21)24)20(26)22-12-11-14(2)3/h7-10,14,17H,4-6,11-13H2,1-3H3,(H2,21,24)(H,22,26)(H,23,25)/t17-/m0/s1. The van der Waals surface area contributed by atoms with Gasteiger partial charge in [0.1, 0.15) is 6.04 Å². The molecule has 0 aromatic heterocycles. The second-order valence-corrected chi connectivity index (χ2v) is 6.97. The van der Waals surface area contributed by atoms with E-state index in [1.54, 1.807) is 12.1 Å². The highest BCUT2D eigenvalue weighted by atomic mass is 16.2. The molecule has 1 aromatic carbocycles. The summed E-state index contributed by atoms with van der Waals surface area (Å²) in [6.07, 6.45) is 3.78. The summed E-state index contributed by atoms with van der Waals surface area (Å²) < 4.78 is 0. The van der Waals surface area contributed by atoms with Gasteiger partial charge >= 0.3 is 0 Å². The number of primary amides is 1. The van der Waals surface area contributed by atoms with Crippen LogP contribution in [-0.4, -0.2) is 30.3 Å². The lowest BCUT2D eigenvalue weighted by Gasteiger charge is -2.18. The fraction of sp³-hybridized carbons (Fsp3) is 0.550. The smallest absolute Gasteiger partial charge is 0.251 e. The monoisotopic (exact) mass is 361 g/mol. The third-order valence-corrected chi connectivity index (χ3v) is 4.08. The summed E-state index contributed by atoms with van der Waals surface area (Å²) >= 11 is 0. The van der Waals surface area contributed by atoms with Crippen LogP contribution in [0.1, 0.15) is 62.4 Å². The predicted molar refractivity (Wildman–Crippen MR) is 103 cm³/mol. The minimum atomic E-state index is -0.966. The maximum absolute atomic E-state index is 12.4. The lowest BCUT2D eigenvalue weighted by atomic mass is 10.1. The molecule has 0 aliphatic rings. The molecule has 0 heterocycles. The van der Waals surface area contributed by atoms with Crippen molar-refractivity contribution in [3.05, 3.63) is 35.4 Å². The number of benzene rings is 1. The van der Waals surface area contributed by atoms with Crippen LogP contribution in [0.4, 0.5) is 0 Å². The van der Waals surface area contributed by atoms with Gasteiger partial charge in [-0.2, -0.15) is 0 Å². The lowest BCUT2D eigenvalue weighted by molar-refractivity contribution is -0.127. The Labute approximate surface area is 155 Å². The van der Waals surface area contributed by atoms with E-state index in [9.17, 15) is 14.4 Å². The normalized spacial score (nSPS) is 11.8. The molecule has 0 spiro atoms. The van der Waals surface area contributed by atoms with Gasteiger partial charge in [-0.25, -0.2) is 0 Å². The summed E-state index contributed by atoms with van der Waals surface area (Å²) in [6, 6.07) is 6.33. The number of carbonyl (C=O) groups excluding carboxylic acids is 3. The fourth-order valence-electron chi connectivity index (χ4n) is 2.46. The Kier molecular flexibility index (Phi) is 9.41. The molecule has 4 N–H and O–H groups in total. The van der Waals surface area contributed by atoms with Gasteiger partial charge in [0.05, 0.1) is 6.42 Å². The summed E-state index contributed by atoms with van der Waals surface area (Å²) in [5, 5.41) is 5.36. The minimum Gasteiger partial charge on any atom is -0.370 e. The molecule has 0 radical (unpaired) electrons. The molecule has 0 saturated heterocycles. The first-order valence-electron chi connectivity index (χ1n) is 9.29. The zero-order valence-electron chi connectivity index (χ0n) is 16.0. The van der Waals surface area contributed by atoms with Gasteiger partial charge in [0.2, 0.25) is 11.8 Å². The second-order valence-electron chi connectivity index (χ2n) is 6.97. The van der Waals surface area contributed by atoms with Crippen molar-refractivity contribution >= 4 is 17.7 Å². The minimum absolute atomic E-state index is 0.228. The maximum Gasteiger partial charge on any atom is 0.251 e.